The summed E-state index contributed by atoms with van der Waals surface area (Å²) in [6, 6.07) is 5.96. The number of benzene rings is 1. The van der Waals surface area contributed by atoms with Gasteiger partial charge in [0, 0.05) is 5.69 Å². The minimum atomic E-state index is -0.591. The summed E-state index contributed by atoms with van der Waals surface area (Å²) in [6.45, 7) is 5.22. The summed E-state index contributed by atoms with van der Waals surface area (Å²) < 4.78 is 5.07. The van der Waals surface area contributed by atoms with Gasteiger partial charge in [0.1, 0.15) is 12.1 Å². The van der Waals surface area contributed by atoms with Gasteiger partial charge < -0.3 is 15.4 Å². The summed E-state index contributed by atoms with van der Waals surface area (Å²) in [6.07, 6.45) is 2.76. The summed E-state index contributed by atoms with van der Waals surface area (Å²) in [5.41, 5.74) is 2.86. The van der Waals surface area contributed by atoms with E-state index in [1.807, 2.05) is 12.1 Å². The van der Waals surface area contributed by atoms with Crippen molar-refractivity contribution in [1.82, 2.24) is 5.32 Å². The van der Waals surface area contributed by atoms with Crippen molar-refractivity contribution < 1.29 is 14.3 Å². The molecule has 0 heterocycles. The zero-order chi connectivity index (χ0) is 15.5. The highest BCUT2D eigenvalue weighted by atomic mass is 16.6. The third-order valence-corrected chi connectivity index (χ3v) is 3.17. The first-order valence-electron chi connectivity index (χ1n) is 7.22. The van der Waals surface area contributed by atoms with E-state index in [0.717, 1.165) is 18.5 Å². The fraction of sp³-hybridized carbons (Fsp3) is 0.500. The molecule has 0 saturated carbocycles. The Hall–Kier alpha value is -2.04. The van der Waals surface area contributed by atoms with Gasteiger partial charge in [-0.15, -0.1) is 0 Å². The van der Waals surface area contributed by atoms with Gasteiger partial charge in [-0.25, -0.2) is 4.79 Å². The summed E-state index contributed by atoms with van der Waals surface area (Å²) in [7, 11) is 0. The van der Waals surface area contributed by atoms with Gasteiger partial charge in [-0.1, -0.05) is 6.07 Å². The standard InChI is InChI=1S/C16H22N2O3/c1-16(2,3)21-15(20)17-10-14(19)18-13-8-7-11-5-4-6-12(11)9-13/h7-9H,4-6,10H2,1-3H3,(H,17,20)(H,18,19). The molecule has 2 amide bonds. The molecule has 114 valence electrons. The summed E-state index contributed by atoms with van der Waals surface area (Å²) in [5, 5.41) is 5.22. The van der Waals surface area contributed by atoms with E-state index in [1.54, 1.807) is 20.8 Å². The number of amides is 2. The van der Waals surface area contributed by atoms with Crippen molar-refractivity contribution in [2.75, 3.05) is 11.9 Å². The lowest BCUT2D eigenvalue weighted by Gasteiger charge is -2.19. The van der Waals surface area contributed by atoms with E-state index in [-0.39, 0.29) is 12.5 Å². The molecular formula is C16H22N2O3. The fourth-order valence-corrected chi connectivity index (χ4v) is 2.32. The summed E-state index contributed by atoms with van der Waals surface area (Å²) in [4.78, 5) is 23.3. The minimum absolute atomic E-state index is 0.105. The lowest BCUT2D eigenvalue weighted by molar-refractivity contribution is -0.115. The molecule has 1 aliphatic rings. The highest BCUT2D eigenvalue weighted by molar-refractivity contribution is 5.94. The molecular weight excluding hydrogens is 268 g/mol. The van der Waals surface area contributed by atoms with E-state index in [1.165, 1.54) is 17.5 Å². The Balaban J connectivity index is 1.81. The maximum absolute atomic E-state index is 11.8. The minimum Gasteiger partial charge on any atom is -0.444 e. The summed E-state index contributed by atoms with van der Waals surface area (Å²) >= 11 is 0. The number of ether oxygens (including phenoxy) is 1. The van der Waals surface area contributed by atoms with Crippen LogP contribution in [0.4, 0.5) is 10.5 Å². The van der Waals surface area contributed by atoms with Gasteiger partial charge in [-0.3, -0.25) is 4.79 Å². The van der Waals surface area contributed by atoms with Gasteiger partial charge in [-0.2, -0.15) is 0 Å². The molecule has 0 spiro atoms. The molecule has 0 radical (unpaired) electrons. The molecule has 0 aliphatic heterocycles. The van der Waals surface area contributed by atoms with Crippen LogP contribution in [-0.4, -0.2) is 24.1 Å². The normalized spacial score (nSPS) is 13.5. The highest BCUT2D eigenvalue weighted by Crippen LogP contribution is 2.24. The van der Waals surface area contributed by atoms with E-state index in [9.17, 15) is 9.59 Å². The van der Waals surface area contributed by atoms with Gasteiger partial charge >= 0.3 is 6.09 Å². The van der Waals surface area contributed by atoms with Crippen LogP contribution in [0.1, 0.15) is 38.3 Å². The van der Waals surface area contributed by atoms with Crippen molar-refractivity contribution >= 4 is 17.7 Å². The fourth-order valence-electron chi connectivity index (χ4n) is 2.32. The second-order valence-electron chi connectivity index (χ2n) is 6.24. The van der Waals surface area contributed by atoms with E-state index < -0.39 is 11.7 Å². The van der Waals surface area contributed by atoms with E-state index >= 15 is 0 Å². The molecule has 0 fully saturated rings. The highest BCUT2D eigenvalue weighted by Gasteiger charge is 2.17. The smallest absolute Gasteiger partial charge is 0.408 e. The maximum Gasteiger partial charge on any atom is 0.408 e. The Morgan fingerprint density at radius 3 is 2.62 bits per heavy atom. The Morgan fingerprint density at radius 1 is 1.19 bits per heavy atom. The number of hydrogen-bond donors (Lipinski definition) is 2. The quantitative estimate of drug-likeness (QED) is 0.899. The Bertz CT molecular complexity index is 547. The lowest BCUT2D eigenvalue weighted by atomic mass is 10.1. The molecule has 0 atom stereocenters. The van der Waals surface area contributed by atoms with Crippen LogP contribution in [-0.2, 0) is 22.4 Å². The molecule has 2 N–H and O–H groups in total. The molecule has 2 rings (SSSR count). The van der Waals surface area contributed by atoms with Crippen LogP contribution in [0.2, 0.25) is 0 Å². The predicted molar refractivity (Wildman–Crippen MR) is 81.3 cm³/mol. The van der Waals surface area contributed by atoms with E-state index in [4.69, 9.17) is 4.74 Å². The van der Waals surface area contributed by atoms with Gasteiger partial charge in [-0.05, 0) is 63.3 Å². The number of hydrogen-bond acceptors (Lipinski definition) is 3. The van der Waals surface area contributed by atoms with E-state index in [2.05, 4.69) is 16.7 Å². The largest absolute Gasteiger partial charge is 0.444 e. The molecule has 0 aromatic heterocycles. The van der Waals surface area contributed by atoms with Crippen molar-refractivity contribution in [3.8, 4) is 0 Å². The first-order valence-corrected chi connectivity index (χ1v) is 7.22. The topological polar surface area (TPSA) is 67.4 Å². The Morgan fingerprint density at radius 2 is 1.90 bits per heavy atom. The van der Waals surface area contributed by atoms with Crippen LogP contribution < -0.4 is 10.6 Å². The number of aryl methyl sites for hydroxylation is 2. The SMILES string of the molecule is CC(C)(C)OC(=O)NCC(=O)Nc1ccc2c(c1)CCC2. The van der Waals surface area contributed by atoms with Gasteiger partial charge in [0.25, 0.3) is 0 Å². The lowest BCUT2D eigenvalue weighted by Crippen LogP contribution is -2.37. The molecule has 5 heteroatoms. The maximum atomic E-state index is 11.8. The number of rotatable bonds is 3. The van der Waals surface area contributed by atoms with E-state index in [0.29, 0.717) is 0 Å². The van der Waals surface area contributed by atoms with Crippen molar-refractivity contribution in [3.63, 3.8) is 0 Å². The molecule has 1 aliphatic carbocycles. The second-order valence-corrected chi connectivity index (χ2v) is 6.24. The number of carbonyl (C=O) groups excluding carboxylic acids is 2. The molecule has 0 unspecified atom stereocenters. The summed E-state index contributed by atoms with van der Waals surface area (Å²) in [5.74, 6) is -0.265. The number of carbonyl (C=O) groups is 2. The molecule has 21 heavy (non-hydrogen) atoms. The average molecular weight is 290 g/mol. The second kappa shape index (κ2) is 6.16. The van der Waals surface area contributed by atoms with Crippen molar-refractivity contribution in [2.45, 2.75) is 45.6 Å². The van der Waals surface area contributed by atoms with Crippen LogP contribution in [0.15, 0.2) is 18.2 Å². The molecule has 1 aromatic rings. The van der Waals surface area contributed by atoms with Crippen molar-refractivity contribution in [2.24, 2.45) is 0 Å². The van der Waals surface area contributed by atoms with Crippen LogP contribution >= 0.6 is 0 Å². The van der Waals surface area contributed by atoms with Crippen LogP contribution in [0, 0.1) is 0 Å². The van der Waals surface area contributed by atoms with Crippen molar-refractivity contribution in [1.29, 1.82) is 0 Å². The average Bonchev–Trinajstić information content (AvgIpc) is 2.81. The number of fused-ring (bicyclic) bond motifs is 1. The first kappa shape index (κ1) is 15.4. The zero-order valence-electron chi connectivity index (χ0n) is 12.8. The van der Waals surface area contributed by atoms with Crippen LogP contribution in [0.5, 0.6) is 0 Å². The van der Waals surface area contributed by atoms with Crippen LogP contribution in [0.3, 0.4) is 0 Å². The van der Waals surface area contributed by atoms with Crippen molar-refractivity contribution in [3.05, 3.63) is 29.3 Å². The third-order valence-electron chi connectivity index (χ3n) is 3.17. The zero-order valence-corrected chi connectivity index (χ0v) is 12.8. The predicted octanol–water partition coefficient (Wildman–Crippen LogP) is 2.64. The molecule has 5 nitrogen and oxygen atoms in total. The van der Waals surface area contributed by atoms with Gasteiger partial charge in [0.15, 0.2) is 0 Å². The third kappa shape index (κ3) is 4.77. The first-order chi connectivity index (χ1) is 9.83. The number of alkyl carbamates (subject to hydrolysis) is 1. The number of anilines is 1. The Kier molecular flexibility index (Phi) is 4.50. The molecule has 0 bridgehead atoms. The van der Waals surface area contributed by atoms with Gasteiger partial charge in [0.05, 0.1) is 0 Å². The van der Waals surface area contributed by atoms with Crippen LogP contribution in [0.25, 0.3) is 0 Å². The number of nitrogens with one attached hydrogen (secondary N) is 2. The Labute approximate surface area is 125 Å². The molecule has 1 aromatic carbocycles. The molecule has 0 saturated heterocycles. The van der Waals surface area contributed by atoms with Gasteiger partial charge in [0.2, 0.25) is 5.91 Å². The monoisotopic (exact) mass is 290 g/mol.